The van der Waals surface area contributed by atoms with Gasteiger partial charge in [0.2, 0.25) is 5.91 Å². The van der Waals surface area contributed by atoms with Crippen LogP contribution >= 0.6 is 0 Å². The van der Waals surface area contributed by atoms with Crippen molar-refractivity contribution in [2.45, 2.75) is 58.0 Å². The average molecular weight is 255 g/mol. The first kappa shape index (κ1) is 15.4. The second-order valence-corrected chi connectivity index (χ2v) is 6.24. The smallest absolute Gasteiger partial charge is 0.221 e. The Morgan fingerprint density at radius 2 is 2.06 bits per heavy atom. The lowest BCUT2D eigenvalue weighted by atomic mass is 10.00. The molecule has 1 atom stereocenters. The highest BCUT2D eigenvalue weighted by atomic mass is 16.1. The van der Waals surface area contributed by atoms with Crippen molar-refractivity contribution < 1.29 is 4.79 Å². The minimum absolute atomic E-state index is 0.142. The summed E-state index contributed by atoms with van der Waals surface area (Å²) in [6.45, 7) is 9.64. The Morgan fingerprint density at radius 1 is 1.33 bits per heavy atom. The summed E-state index contributed by atoms with van der Waals surface area (Å²) < 4.78 is 0. The zero-order chi connectivity index (χ0) is 13.6. The van der Waals surface area contributed by atoms with Crippen molar-refractivity contribution >= 4 is 5.91 Å². The summed E-state index contributed by atoms with van der Waals surface area (Å²) in [5.41, 5.74) is 0.171. The summed E-state index contributed by atoms with van der Waals surface area (Å²) in [5.74, 6) is 0.142. The lowest BCUT2D eigenvalue weighted by Crippen LogP contribution is -2.50. The minimum Gasteiger partial charge on any atom is -0.359 e. The van der Waals surface area contributed by atoms with Crippen molar-refractivity contribution in [1.82, 2.24) is 15.5 Å². The summed E-state index contributed by atoms with van der Waals surface area (Å²) in [5, 5.41) is 6.28. The van der Waals surface area contributed by atoms with Crippen LogP contribution in [0.3, 0.4) is 0 Å². The summed E-state index contributed by atoms with van der Waals surface area (Å²) in [6.07, 6.45) is 4.44. The number of piperidine rings is 1. The largest absolute Gasteiger partial charge is 0.359 e. The average Bonchev–Trinajstić information content (AvgIpc) is 2.33. The highest BCUT2D eigenvalue weighted by Crippen LogP contribution is 2.17. The molecule has 1 heterocycles. The SMILES string of the molecule is CNC(=O)CCN1CCCCC1CNC(C)(C)C. The van der Waals surface area contributed by atoms with E-state index in [4.69, 9.17) is 0 Å². The quantitative estimate of drug-likeness (QED) is 0.780. The zero-order valence-electron chi connectivity index (χ0n) is 12.4. The van der Waals surface area contributed by atoms with Crippen LogP contribution in [0.25, 0.3) is 0 Å². The minimum atomic E-state index is 0.142. The number of hydrogen-bond acceptors (Lipinski definition) is 3. The standard InChI is InChI=1S/C14H29N3O/c1-14(2,3)16-11-12-7-5-6-9-17(12)10-8-13(18)15-4/h12,16H,5-11H2,1-4H3,(H,15,18). The third-order valence-electron chi connectivity index (χ3n) is 3.52. The number of nitrogens with one attached hydrogen (secondary N) is 2. The zero-order valence-corrected chi connectivity index (χ0v) is 12.4. The lowest BCUT2D eigenvalue weighted by Gasteiger charge is -2.37. The molecule has 0 aromatic carbocycles. The molecule has 1 aliphatic heterocycles. The molecule has 1 amide bonds. The maximum Gasteiger partial charge on any atom is 0.221 e. The number of rotatable bonds is 5. The van der Waals surface area contributed by atoms with E-state index in [0.29, 0.717) is 12.5 Å². The van der Waals surface area contributed by atoms with E-state index in [1.54, 1.807) is 7.05 Å². The van der Waals surface area contributed by atoms with E-state index in [1.165, 1.54) is 19.3 Å². The Hall–Kier alpha value is -0.610. The van der Waals surface area contributed by atoms with Gasteiger partial charge in [-0.25, -0.2) is 0 Å². The van der Waals surface area contributed by atoms with Gasteiger partial charge in [-0.05, 0) is 40.2 Å². The highest BCUT2D eigenvalue weighted by molar-refractivity contribution is 5.75. The van der Waals surface area contributed by atoms with Gasteiger partial charge in [0.05, 0.1) is 0 Å². The molecule has 1 saturated heterocycles. The fraction of sp³-hybridized carbons (Fsp3) is 0.929. The van der Waals surface area contributed by atoms with E-state index >= 15 is 0 Å². The van der Waals surface area contributed by atoms with E-state index in [2.05, 4.69) is 36.3 Å². The van der Waals surface area contributed by atoms with Crippen LogP contribution in [0.5, 0.6) is 0 Å². The van der Waals surface area contributed by atoms with E-state index < -0.39 is 0 Å². The van der Waals surface area contributed by atoms with Gasteiger partial charge in [-0.2, -0.15) is 0 Å². The van der Waals surface area contributed by atoms with Crippen LogP contribution in [0, 0.1) is 0 Å². The molecule has 1 rings (SSSR count). The molecule has 0 bridgehead atoms. The molecule has 4 heteroatoms. The fourth-order valence-electron chi connectivity index (χ4n) is 2.38. The molecule has 4 nitrogen and oxygen atoms in total. The second-order valence-electron chi connectivity index (χ2n) is 6.24. The van der Waals surface area contributed by atoms with Gasteiger partial charge in [-0.15, -0.1) is 0 Å². The molecule has 1 fully saturated rings. The van der Waals surface area contributed by atoms with Gasteiger partial charge in [0.15, 0.2) is 0 Å². The van der Waals surface area contributed by atoms with Gasteiger partial charge < -0.3 is 10.6 Å². The van der Waals surface area contributed by atoms with Crippen LogP contribution < -0.4 is 10.6 Å². The van der Waals surface area contributed by atoms with Crippen LogP contribution in [0.2, 0.25) is 0 Å². The van der Waals surface area contributed by atoms with Crippen molar-refractivity contribution in [3.05, 3.63) is 0 Å². The summed E-state index contributed by atoms with van der Waals surface area (Å²) in [7, 11) is 1.71. The van der Waals surface area contributed by atoms with Crippen molar-refractivity contribution in [2.24, 2.45) is 0 Å². The fourth-order valence-corrected chi connectivity index (χ4v) is 2.38. The first-order valence-electron chi connectivity index (χ1n) is 7.12. The third-order valence-corrected chi connectivity index (χ3v) is 3.52. The third kappa shape index (κ3) is 5.83. The Morgan fingerprint density at radius 3 is 2.67 bits per heavy atom. The van der Waals surface area contributed by atoms with E-state index in [-0.39, 0.29) is 11.4 Å². The molecule has 0 radical (unpaired) electrons. The maximum absolute atomic E-state index is 11.3. The Labute approximate surface area is 111 Å². The molecule has 0 saturated carbocycles. The van der Waals surface area contributed by atoms with Gasteiger partial charge >= 0.3 is 0 Å². The van der Waals surface area contributed by atoms with Gasteiger partial charge in [-0.1, -0.05) is 6.42 Å². The van der Waals surface area contributed by atoms with Gasteiger partial charge in [0.25, 0.3) is 0 Å². The van der Waals surface area contributed by atoms with E-state index in [1.807, 2.05) is 0 Å². The molecular formula is C14H29N3O. The van der Waals surface area contributed by atoms with Crippen molar-refractivity contribution in [3.8, 4) is 0 Å². The molecule has 0 aromatic rings. The number of carbonyl (C=O) groups excluding carboxylic acids is 1. The molecule has 106 valence electrons. The Bertz CT molecular complexity index is 260. The normalized spacial score (nSPS) is 21.9. The van der Waals surface area contributed by atoms with Crippen molar-refractivity contribution in [3.63, 3.8) is 0 Å². The number of carbonyl (C=O) groups is 1. The predicted molar refractivity (Wildman–Crippen MR) is 75.7 cm³/mol. The number of amides is 1. The van der Waals surface area contributed by atoms with Gasteiger partial charge in [-0.3, -0.25) is 9.69 Å². The Balaban J connectivity index is 2.39. The van der Waals surface area contributed by atoms with E-state index in [0.717, 1.165) is 19.6 Å². The van der Waals surface area contributed by atoms with Crippen molar-refractivity contribution in [2.75, 3.05) is 26.7 Å². The highest BCUT2D eigenvalue weighted by Gasteiger charge is 2.23. The van der Waals surface area contributed by atoms with Crippen LogP contribution in [-0.2, 0) is 4.79 Å². The molecule has 0 aliphatic carbocycles. The molecule has 0 spiro atoms. The number of hydrogen-bond donors (Lipinski definition) is 2. The number of likely N-dealkylation sites (tertiary alicyclic amines) is 1. The Kier molecular flexibility index (Phi) is 6.09. The van der Waals surface area contributed by atoms with Crippen LogP contribution in [-0.4, -0.2) is 49.1 Å². The van der Waals surface area contributed by atoms with Crippen LogP contribution in [0.4, 0.5) is 0 Å². The van der Waals surface area contributed by atoms with E-state index in [9.17, 15) is 4.79 Å². The van der Waals surface area contributed by atoms with Gasteiger partial charge in [0.1, 0.15) is 0 Å². The second kappa shape index (κ2) is 7.10. The summed E-state index contributed by atoms with van der Waals surface area (Å²) in [6, 6.07) is 0.586. The molecule has 0 aromatic heterocycles. The molecule has 18 heavy (non-hydrogen) atoms. The first-order chi connectivity index (χ1) is 8.42. The monoisotopic (exact) mass is 255 g/mol. The predicted octanol–water partition coefficient (Wildman–Crippen LogP) is 1.37. The molecular weight excluding hydrogens is 226 g/mol. The maximum atomic E-state index is 11.3. The van der Waals surface area contributed by atoms with Crippen LogP contribution in [0.1, 0.15) is 46.5 Å². The summed E-state index contributed by atoms with van der Waals surface area (Å²) >= 11 is 0. The van der Waals surface area contributed by atoms with Crippen LogP contribution in [0.15, 0.2) is 0 Å². The molecule has 1 aliphatic rings. The van der Waals surface area contributed by atoms with Gasteiger partial charge in [0, 0.05) is 38.1 Å². The van der Waals surface area contributed by atoms with Crippen molar-refractivity contribution in [1.29, 1.82) is 0 Å². The molecule has 2 N–H and O–H groups in total. The first-order valence-corrected chi connectivity index (χ1v) is 7.12. The topological polar surface area (TPSA) is 44.4 Å². The summed E-state index contributed by atoms with van der Waals surface area (Å²) in [4.78, 5) is 13.8. The lowest BCUT2D eigenvalue weighted by molar-refractivity contribution is -0.121. The number of nitrogens with zero attached hydrogens (tertiary/aromatic N) is 1. The molecule has 1 unspecified atom stereocenters.